The lowest BCUT2D eigenvalue weighted by Gasteiger charge is -2.18. The molecule has 0 bridgehead atoms. The van der Waals surface area contributed by atoms with Crippen LogP contribution >= 0.6 is 0 Å². The number of hydrogen-bond acceptors (Lipinski definition) is 10. The van der Waals surface area contributed by atoms with Crippen molar-refractivity contribution in [1.29, 1.82) is 0 Å². The maximum absolute atomic E-state index is 12.7. The van der Waals surface area contributed by atoms with Gasteiger partial charge < -0.3 is 49.8 Å². The van der Waals surface area contributed by atoms with Gasteiger partial charge >= 0.3 is 11.9 Å². The zero-order valence-corrected chi connectivity index (χ0v) is 38.8. The zero-order valence-electron chi connectivity index (χ0n) is 38.8. The third-order valence-electron chi connectivity index (χ3n) is 10.5. The Hall–Kier alpha value is -3.79. The number of hydrogen-bond donors (Lipinski definition) is 5. The number of carbonyl (C=O) groups excluding carboxylic acids is 3. The van der Waals surface area contributed by atoms with Gasteiger partial charge in [-0.25, -0.2) is 4.79 Å². The van der Waals surface area contributed by atoms with Crippen molar-refractivity contribution in [2.24, 2.45) is 0 Å². The fourth-order valence-corrected chi connectivity index (χ4v) is 6.79. The third kappa shape index (κ3) is 36.3. The molecule has 2 atom stereocenters. The summed E-state index contributed by atoms with van der Waals surface area (Å²) in [7, 11) is 0. The van der Waals surface area contributed by atoms with E-state index in [1.807, 2.05) is 0 Å². The van der Waals surface area contributed by atoms with Crippen molar-refractivity contribution >= 4 is 29.7 Å². The van der Waals surface area contributed by atoms with Crippen LogP contribution in [0, 0.1) is 0 Å². The molecule has 0 saturated heterocycles. The van der Waals surface area contributed by atoms with Crippen LogP contribution in [-0.4, -0.2) is 118 Å². The molecule has 0 radical (unpaired) electrons. The predicted molar refractivity (Wildman–Crippen MR) is 244 cm³/mol. The molecule has 0 aromatic heterocycles. The Balaban J connectivity index is 1.99. The summed E-state index contributed by atoms with van der Waals surface area (Å²) >= 11 is 0. The molecule has 0 saturated carbocycles. The topological polar surface area (TPSA) is 208 Å². The highest BCUT2D eigenvalue weighted by molar-refractivity contribution is 5.88. The first-order valence-corrected chi connectivity index (χ1v) is 24.0. The minimum atomic E-state index is -1.06. The molecule has 15 nitrogen and oxygen atoms in total. The summed E-state index contributed by atoms with van der Waals surface area (Å²) in [6, 6.07) is 5.37. The van der Waals surface area contributed by atoms with E-state index in [9.17, 15) is 24.0 Å². The minimum Gasteiger partial charge on any atom is -0.494 e. The van der Waals surface area contributed by atoms with Gasteiger partial charge in [0.1, 0.15) is 18.4 Å². The molecule has 63 heavy (non-hydrogen) atoms. The van der Waals surface area contributed by atoms with Crippen LogP contribution in [0.1, 0.15) is 172 Å². The van der Waals surface area contributed by atoms with Gasteiger partial charge in [-0.3, -0.25) is 19.2 Å². The number of aliphatic carboxylic acids is 1. The first-order chi connectivity index (χ1) is 30.6. The van der Waals surface area contributed by atoms with E-state index < -0.39 is 23.9 Å². The number of carbonyl (C=O) groups is 5. The number of carboxylic acid groups (broad SMARTS) is 2. The zero-order chi connectivity index (χ0) is 46.0. The van der Waals surface area contributed by atoms with E-state index in [0.717, 1.165) is 44.9 Å². The van der Waals surface area contributed by atoms with Crippen molar-refractivity contribution in [2.45, 2.75) is 174 Å². The lowest BCUT2D eigenvalue weighted by Crippen LogP contribution is -2.47. The SMILES string of the molecule is CCCCCCCCCCCCCCC(C)OCCOCCNC(=O)COCCOCCNC(=O)[C@H](CCC(=O)O)NC(=O)CCCCCCCCCOc1ccc(C(=O)O)cc1. The number of nitrogens with one attached hydrogen (secondary N) is 3. The molecule has 1 aromatic rings. The summed E-state index contributed by atoms with van der Waals surface area (Å²) in [5, 5.41) is 26.2. The van der Waals surface area contributed by atoms with Gasteiger partial charge in [0.05, 0.1) is 57.9 Å². The summed E-state index contributed by atoms with van der Waals surface area (Å²) in [5.41, 5.74) is 0.222. The van der Waals surface area contributed by atoms with Gasteiger partial charge in [-0.05, 0) is 56.9 Å². The molecule has 0 heterocycles. The number of ether oxygens (including phenoxy) is 5. The highest BCUT2D eigenvalue weighted by atomic mass is 16.5. The van der Waals surface area contributed by atoms with Crippen LogP contribution in [-0.2, 0) is 38.1 Å². The fraction of sp³-hybridized carbons (Fsp3) is 0.771. The van der Waals surface area contributed by atoms with Gasteiger partial charge in [0.15, 0.2) is 0 Å². The first kappa shape index (κ1) is 57.2. The Morgan fingerprint density at radius 2 is 1.10 bits per heavy atom. The van der Waals surface area contributed by atoms with E-state index in [2.05, 4.69) is 29.8 Å². The quantitative estimate of drug-likeness (QED) is 0.0395. The van der Waals surface area contributed by atoms with Crippen LogP contribution in [0.25, 0.3) is 0 Å². The smallest absolute Gasteiger partial charge is 0.335 e. The molecule has 15 heteroatoms. The van der Waals surface area contributed by atoms with E-state index >= 15 is 0 Å². The average molecular weight is 894 g/mol. The van der Waals surface area contributed by atoms with Gasteiger partial charge in [-0.15, -0.1) is 0 Å². The number of benzene rings is 1. The molecule has 1 aromatic carbocycles. The number of rotatable bonds is 45. The number of carboxylic acids is 2. The molecule has 5 N–H and O–H groups in total. The Bertz CT molecular complexity index is 1320. The maximum atomic E-state index is 12.7. The van der Waals surface area contributed by atoms with Crippen molar-refractivity contribution in [3.8, 4) is 5.75 Å². The van der Waals surface area contributed by atoms with E-state index in [0.29, 0.717) is 45.1 Å². The number of unbranched alkanes of at least 4 members (excludes halogenated alkanes) is 17. The van der Waals surface area contributed by atoms with Crippen LogP contribution in [0.4, 0.5) is 0 Å². The summed E-state index contributed by atoms with van der Waals surface area (Å²) in [4.78, 5) is 59.4. The molecule has 0 spiro atoms. The Labute approximate surface area is 377 Å². The molecule has 0 aliphatic carbocycles. The highest BCUT2D eigenvalue weighted by Gasteiger charge is 2.21. The van der Waals surface area contributed by atoms with E-state index in [1.165, 1.54) is 89.2 Å². The van der Waals surface area contributed by atoms with Crippen LogP contribution in [0.2, 0.25) is 0 Å². The Kier molecular flexibility index (Phi) is 37.2. The molecule has 0 aliphatic heterocycles. The second kappa shape index (κ2) is 40.9. The van der Waals surface area contributed by atoms with Gasteiger partial charge in [-0.2, -0.15) is 0 Å². The standard InChI is InChI=1S/C48H83N3O12/c1-3-4-5-6-7-8-9-10-11-13-16-19-22-40(2)62-38-37-60-33-30-49-45(53)39-61-36-35-59-34-31-50-47(56)43(28-29-46(54)55)51-44(52)23-20-17-14-12-15-18-21-32-63-42-26-24-41(25-27-42)48(57)58/h24-27,40,43H,3-23,28-39H2,1-2H3,(H,49,53)(H,50,56)(H,51,52)(H,54,55)(H,57,58)/t40?,43-/m0/s1. The van der Waals surface area contributed by atoms with Gasteiger partial charge in [-0.1, -0.05) is 116 Å². The summed E-state index contributed by atoms with van der Waals surface area (Å²) in [6.45, 7) is 7.32. The number of amides is 3. The lowest BCUT2D eigenvalue weighted by molar-refractivity contribution is -0.138. The molecular weight excluding hydrogens is 811 g/mol. The molecule has 3 amide bonds. The van der Waals surface area contributed by atoms with Crippen LogP contribution < -0.4 is 20.7 Å². The summed E-state index contributed by atoms with van der Waals surface area (Å²) < 4.78 is 27.9. The van der Waals surface area contributed by atoms with Crippen molar-refractivity contribution in [3.05, 3.63) is 29.8 Å². The van der Waals surface area contributed by atoms with Gasteiger partial charge in [0.2, 0.25) is 17.7 Å². The molecule has 1 unspecified atom stereocenters. The second-order valence-electron chi connectivity index (χ2n) is 16.2. The predicted octanol–water partition coefficient (Wildman–Crippen LogP) is 8.01. The lowest BCUT2D eigenvalue weighted by atomic mass is 10.0. The van der Waals surface area contributed by atoms with Crippen molar-refractivity contribution in [2.75, 3.05) is 65.9 Å². The summed E-state index contributed by atoms with van der Waals surface area (Å²) in [5.74, 6) is -2.41. The van der Waals surface area contributed by atoms with Gasteiger partial charge in [0.25, 0.3) is 0 Å². The van der Waals surface area contributed by atoms with E-state index in [4.69, 9.17) is 33.9 Å². The summed E-state index contributed by atoms with van der Waals surface area (Å²) in [6.07, 6.45) is 23.8. The average Bonchev–Trinajstić information content (AvgIpc) is 3.26. The Morgan fingerprint density at radius 3 is 1.70 bits per heavy atom. The van der Waals surface area contributed by atoms with Crippen LogP contribution in [0.15, 0.2) is 24.3 Å². The highest BCUT2D eigenvalue weighted by Crippen LogP contribution is 2.15. The fourth-order valence-electron chi connectivity index (χ4n) is 6.79. The first-order valence-electron chi connectivity index (χ1n) is 24.0. The van der Waals surface area contributed by atoms with Crippen molar-refractivity contribution in [3.63, 3.8) is 0 Å². The molecule has 0 fully saturated rings. The van der Waals surface area contributed by atoms with Crippen molar-refractivity contribution < 1.29 is 57.9 Å². The van der Waals surface area contributed by atoms with Crippen LogP contribution in [0.5, 0.6) is 5.75 Å². The van der Waals surface area contributed by atoms with Gasteiger partial charge in [0, 0.05) is 25.9 Å². The van der Waals surface area contributed by atoms with Crippen molar-refractivity contribution in [1.82, 2.24) is 16.0 Å². The molecule has 1 rings (SSSR count). The largest absolute Gasteiger partial charge is 0.494 e. The Morgan fingerprint density at radius 1 is 0.556 bits per heavy atom. The normalized spacial score (nSPS) is 12.1. The molecule has 362 valence electrons. The monoisotopic (exact) mass is 894 g/mol. The second-order valence-corrected chi connectivity index (χ2v) is 16.2. The minimum absolute atomic E-state index is 0.0274. The third-order valence-corrected chi connectivity index (χ3v) is 10.5. The maximum Gasteiger partial charge on any atom is 0.335 e. The molecular formula is C48H83N3O12. The number of aromatic carboxylic acids is 1. The van der Waals surface area contributed by atoms with E-state index in [-0.39, 0.29) is 75.7 Å². The van der Waals surface area contributed by atoms with Crippen LogP contribution in [0.3, 0.4) is 0 Å². The van der Waals surface area contributed by atoms with E-state index in [1.54, 1.807) is 12.1 Å². The molecule has 0 aliphatic rings.